The molecule has 2 unspecified atom stereocenters. The first-order chi connectivity index (χ1) is 10.6. The Kier molecular flexibility index (Phi) is 4.16. The van der Waals surface area contributed by atoms with Crippen LogP contribution in [0.3, 0.4) is 0 Å². The minimum Gasteiger partial charge on any atom is -0.460 e. The van der Waals surface area contributed by atoms with Crippen LogP contribution in [-0.4, -0.2) is 42.9 Å². The molecule has 2 N–H and O–H groups in total. The molecule has 0 radical (unpaired) electrons. The maximum Gasteiger partial charge on any atom is 0.299 e. The maximum absolute atomic E-state index is 12.4. The molecule has 3 fully saturated rings. The van der Waals surface area contributed by atoms with Crippen molar-refractivity contribution < 1.29 is 13.2 Å². The Morgan fingerprint density at radius 2 is 1.70 bits per heavy atom. The normalized spacial score (nSPS) is 37.5. The van der Waals surface area contributed by atoms with Crippen molar-refractivity contribution in [2.75, 3.05) is 0 Å². The van der Waals surface area contributed by atoms with Gasteiger partial charge in [-0.2, -0.15) is 0 Å². The van der Waals surface area contributed by atoms with Gasteiger partial charge >= 0.3 is 0 Å². The van der Waals surface area contributed by atoms with Crippen molar-refractivity contribution in [1.82, 2.24) is 10.0 Å². The zero-order chi connectivity index (χ0) is 16.9. The van der Waals surface area contributed by atoms with Crippen LogP contribution in [0.25, 0.3) is 0 Å². The first kappa shape index (κ1) is 17.0. The smallest absolute Gasteiger partial charge is 0.299 e. The van der Waals surface area contributed by atoms with E-state index in [2.05, 4.69) is 42.7 Å². The van der Waals surface area contributed by atoms with E-state index in [1.165, 1.54) is 0 Å². The van der Waals surface area contributed by atoms with Crippen LogP contribution in [-0.2, 0) is 14.8 Å². The Balaban J connectivity index is 1.80. The molecule has 0 aromatic rings. The van der Waals surface area contributed by atoms with E-state index in [-0.39, 0.29) is 29.2 Å². The third-order valence-electron chi connectivity index (χ3n) is 5.00. The number of ether oxygens (including phenoxy) is 1. The molecule has 3 rings (SSSR count). The number of nitrogens with zero attached hydrogens (tertiary/aromatic N) is 1. The molecular weight excluding hydrogens is 314 g/mol. The fraction of sp³-hybridized carbons (Fsp3) is 0.938. The SMILES string of the molecule is CC1(C)CC(N=C2NS(=O)(=O)C3CCCCC3O2)CC(C)(C)N1. The van der Waals surface area contributed by atoms with Gasteiger partial charge in [-0.25, -0.2) is 18.1 Å². The maximum atomic E-state index is 12.4. The predicted octanol–water partition coefficient (Wildman–Crippen LogP) is 1.91. The van der Waals surface area contributed by atoms with Crippen LogP contribution < -0.4 is 10.0 Å². The zero-order valence-electron chi connectivity index (χ0n) is 14.6. The lowest BCUT2D eigenvalue weighted by molar-refractivity contribution is 0.126. The lowest BCUT2D eigenvalue weighted by Crippen LogP contribution is -2.59. The molecule has 132 valence electrons. The summed E-state index contributed by atoms with van der Waals surface area (Å²) in [4.78, 5) is 4.64. The topological polar surface area (TPSA) is 79.8 Å². The molecule has 2 aliphatic heterocycles. The Morgan fingerprint density at radius 3 is 2.35 bits per heavy atom. The second-order valence-electron chi connectivity index (χ2n) is 8.52. The van der Waals surface area contributed by atoms with Gasteiger partial charge < -0.3 is 10.1 Å². The number of hydrogen-bond donors (Lipinski definition) is 2. The van der Waals surface area contributed by atoms with Gasteiger partial charge in [0.1, 0.15) is 11.4 Å². The highest BCUT2D eigenvalue weighted by molar-refractivity contribution is 7.90. The van der Waals surface area contributed by atoms with Crippen molar-refractivity contribution in [3.8, 4) is 0 Å². The van der Waals surface area contributed by atoms with E-state index in [1.807, 2.05) is 0 Å². The summed E-state index contributed by atoms with van der Waals surface area (Å²) in [6.45, 7) is 8.63. The molecule has 2 saturated heterocycles. The number of aliphatic imine (C=N–C) groups is 1. The van der Waals surface area contributed by atoms with Crippen LogP contribution in [0.15, 0.2) is 4.99 Å². The molecule has 1 aliphatic carbocycles. The number of fused-ring (bicyclic) bond motifs is 1. The van der Waals surface area contributed by atoms with Gasteiger partial charge in [-0.05, 0) is 59.8 Å². The molecule has 0 aromatic carbocycles. The summed E-state index contributed by atoms with van der Waals surface area (Å²) in [5, 5.41) is 3.19. The minimum absolute atomic E-state index is 0.0304. The van der Waals surface area contributed by atoms with Crippen molar-refractivity contribution in [2.24, 2.45) is 4.99 Å². The minimum atomic E-state index is -3.36. The van der Waals surface area contributed by atoms with Crippen molar-refractivity contribution in [3.05, 3.63) is 0 Å². The highest BCUT2D eigenvalue weighted by Crippen LogP contribution is 2.32. The van der Waals surface area contributed by atoms with Gasteiger partial charge in [0.2, 0.25) is 10.0 Å². The quantitative estimate of drug-likeness (QED) is 0.762. The third kappa shape index (κ3) is 3.82. The van der Waals surface area contributed by atoms with Gasteiger partial charge in [-0.1, -0.05) is 6.42 Å². The molecule has 3 aliphatic rings. The van der Waals surface area contributed by atoms with E-state index >= 15 is 0 Å². The number of hydrogen-bond acceptors (Lipinski definition) is 5. The number of rotatable bonds is 1. The molecule has 7 heteroatoms. The molecule has 0 aromatic heterocycles. The van der Waals surface area contributed by atoms with Gasteiger partial charge in [-0.15, -0.1) is 0 Å². The largest absolute Gasteiger partial charge is 0.460 e. The standard InChI is InChI=1S/C16H29N3O3S/c1-15(2)9-11(10-16(3,4)19-15)17-14-18-23(20,21)13-8-6-5-7-12(13)22-14/h11-13,19H,5-10H2,1-4H3,(H,17,18). The highest BCUT2D eigenvalue weighted by Gasteiger charge is 2.44. The van der Waals surface area contributed by atoms with Crippen LogP contribution in [0.4, 0.5) is 0 Å². The number of amidine groups is 1. The Morgan fingerprint density at radius 1 is 1.09 bits per heavy atom. The van der Waals surface area contributed by atoms with Gasteiger partial charge in [-0.3, -0.25) is 0 Å². The van der Waals surface area contributed by atoms with E-state index in [1.54, 1.807) is 0 Å². The number of piperidine rings is 1. The lowest BCUT2D eigenvalue weighted by Gasteiger charge is -2.45. The van der Waals surface area contributed by atoms with Gasteiger partial charge in [0.15, 0.2) is 0 Å². The van der Waals surface area contributed by atoms with E-state index in [0.717, 1.165) is 32.1 Å². The van der Waals surface area contributed by atoms with Crippen LogP contribution >= 0.6 is 0 Å². The van der Waals surface area contributed by atoms with Crippen molar-refractivity contribution >= 4 is 16.0 Å². The van der Waals surface area contributed by atoms with Crippen LogP contribution in [0.1, 0.15) is 66.2 Å². The summed E-state index contributed by atoms with van der Waals surface area (Å²) in [6.07, 6.45) is 4.94. The molecule has 2 atom stereocenters. The highest BCUT2D eigenvalue weighted by atomic mass is 32.2. The average Bonchev–Trinajstić information content (AvgIpc) is 2.33. The number of sulfonamides is 1. The Bertz CT molecular complexity index is 582. The van der Waals surface area contributed by atoms with E-state index in [9.17, 15) is 8.42 Å². The fourth-order valence-corrected chi connectivity index (χ4v) is 6.06. The molecule has 2 heterocycles. The number of nitrogens with one attached hydrogen (secondary N) is 2. The van der Waals surface area contributed by atoms with Gasteiger partial charge in [0.25, 0.3) is 6.02 Å². The lowest BCUT2D eigenvalue weighted by atomic mass is 9.80. The molecule has 0 spiro atoms. The van der Waals surface area contributed by atoms with Crippen LogP contribution in [0, 0.1) is 0 Å². The molecule has 1 saturated carbocycles. The van der Waals surface area contributed by atoms with Gasteiger partial charge in [0.05, 0.1) is 6.04 Å². The molecular formula is C16H29N3O3S. The summed E-state index contributed by atoms with van der Waals surface area (Å²) in [5.41, 5.74) is -0.0607. The van der Waals surface area contributed by atoms with E-state index in [4.69, 9.17) is 4.74 Å². The molecule has 0 bridgehead atoms. The average molecular weight is 343 g/mol. The zero-order valence-corrected chi connectivity index (χ0v) is 15.4. The summed E-state index contributed by atoms with van der Waals surface area (Å²) in [5.74, 6) is 0. The van der Waals surface area contributed by atoms with Crippen molar-refractivity contribution in [1.29, 1.82) is 0 Å². The molecule has 6 nitrogen and oxygen atoms in total. The molecule has 0 amide bonds. The fourth-order valence-electron chi connectivity index (χ4n) is 4.50. The summed E-state index contributed by atoms with van der Waals surface area (Å²) >= 11 is 0. The molecule has 23 heavy (non-hydrogen) atoms. The summed E-state index contributed by atoms with van der Waals surface area (Å²) in [7, 11) is -3.36. The Hall–Kier alpha value is -0.820. The van der Waals surface area contributed by atoms with E-state index in [0.29, 0.717) is 6.42 Å². The first-order valence-corrected chi connectivity index (χ1v) is 10.2. The summed E-state index contributed by atoms with van der Waals surface area (Å²) < 4.78 is 33.4. The first-order valence-electron chi connectivity index (χ1n) is 8.62. The Labute approximate surface area is 139 Å². The monoisotopic (exact) mass is 343 g/mol. The second-order valence-corrected chi connectivity index (χ2v) is 10.4. The van der Waals surface area contributed by atoms with Crippen LogP contribution in [0.5, 0.6) is 0 Å². The van der Waals surface area contributed by atoms with Crippen molar-refractivity contribution in [2.45, 2.75) is 94.7 Å². The summed E-state index contributed by atoms with van der Waals surface area (Å²) in [6, 6.07) is 0.255. The predicted molar refractivity (Wildman–Crippen MR) is 90.9 cm³/mol. The van der Waals surface area contributed by atoms with Crippen LogP contribution in [0.2, 0.25) is 0 Å². The second kappa shape index (κ2) is 5.62. The van der Waals surface area contributed by atoms with Gasteiger partial charge in [0, 0.05) is 11.1 Å². The van der Waals surface area contributed by atoms with Crippen molar-refractivity contribution in [3.63, 3.8) is 0 Å². The third-order valence-corrected chi connectivity index (χ3v) is 6.80. The van der Waals surface area contributed by atoms with E-state index < -0.39 is 15.3 Å².